The molecule has 3 heteroatoms. The first-order chi connectivity index (χ1) is 9.16. The molecule has 0 bridgehead atoms. The molecule has 0 saturated heterocycles. The summed E-state index contributed by atoms with van der Waals surface area (Å²) in [7, 11) is 1.80. The van der Waals surface area contributed by atoms with Crippen LogP contribution in [0.1, 0.15) is 23.2 Å². The van der Waals surface area contributed by atoms with Gasteiger partial charge in [-0.25, -0.2) is 0 Å². The second-order valence-corrected chi connectivity index (χ2v) is 5.31. The zero-order valence-corrected chi connectivity index (χ0v) is 11.0. The van der Waals surface area contributed by atoms with Crippen molar-refractivity contribution < 1.29 is 9.90 Å². The molecule has 0 radical (unpaired) electrons. The zero-order chi connectivity index (χ0) is 13.4. The van der Waals surface area contributed by atoms with Crippen molar-refractivity contribution in [2.45, 2.75) is 12.8 Å². The average molecular weight is 255 g/mol. The largest absolute Gasteiger partial charge is 0.506 e. The standard InChI is InChI=1S/C16H17NO2/c1-17(10-11-6-7-11)16(19)14-9-8-12-4-2-3-5-13(12)15(14)18/h2-5,8-9,11,18H,6-7,10H2,1H3. The van der Waals surface area contributed by atoms with Crippen LogP contribution in [0.3, 0.4) is 0 Å². The van der Waals surface area contributed by atoms with Crippen LogP contribution >= 0.6 is 0 Å². The van der Waals surface area contributed by atoms with Gasteiger partial charge in [0.25, 0.3) is 5.91 Å². The topological polar surface area (TPSA) is 40.5 Å². The molecule has 0 heterocycles. The third kappa shape index (κ3) is 2.28. The van der Waals surface area contributed by atoms with E-state index in [0.29, 0.717) is 11.5 Å². The molecule has 1 aliphatic rings. The summed E-state index contributed by atoms with van der Waals surface area (Å²) in [6.45, 7) is 0.783. The predicted molar refractivity (Wildman–Crippen MR) is 75.3 cm³/mol. The van der Waals surface area contributed by atoms with E-state index in [4.69, 9.17) is 0 Å². The predicted octanol–water partition coefficient (Wildman–Crippen LogP) is 3.03. The minimum absolute atomic E-state index is 0.0887. The molecule has 0 aromatic heterocycles. The summed E-state index contributed by atoms with van der Waals surface area (Å²) in [5.74, 6) is 0.637. The lowest BCUT2D eigenvalue weighted by Crippen LogP contribution is -2.28. The van der Waals surface area contributed by atoms with E-state index in [0.717, 1.165) is 17.3 Å². The molecule has 0 aliphatic heterocycles. The molecule has 3 rings (SSSR count). The highest BCUT2D eigenvalue weighted by atomic mass is 16.3. The van der Waals surface area contributed by atoms with Crippen LogP contribution in [0, 0.1) is 5.92 Å². The molecular weight excluding hydrogens is 238 g/mol. The first-order valence-electron chi connectivity index (χ1n) is 6.63. The number of hydrogen-bond acceptors (Lipinski definition) is 2. The van der Waals surface area contributed by atoms with Crippen LogP contribution in [0.4, 0.5) is 0 Å². The SMILES string of the molecule is CN(CC1CC1)C(=O)c1ccc2ccccc2c1O. The van der Waals surface area contributed by atoms with Crippen LogP contribution in [0.5, 0.6) is 5.75 Å². The van der Waals surface area contributed by atoms with Crippen molar-refractivity contribution in [1.29, 1.82) is 0 Å². The molecule has 98 valence electrons. The van der Waals surface area contributed by atoms with Gasteiger partial charge in [-0.1, -0.05) is 30.3 Å². The first kappa shape index (κ1) is 12.0. The van der Waals surface area contributed by atoms with Gasteiger partial charge in [0.2, 0.25) is 0 Å². The Kier molecular flexibility index (Phi) is 2.90. The summed E-state index contributed by atoms with van der Waals surface area (Å²) in [6, 6.07) is 11.1. The second kappa shape index (κ2) is 4.57. The molecule has 2 aromatic rings. The van der Waals surface area contributed by atoms with Gasteiger partial charge in [0.05, 0.1) is 5.56 Å². The molecule has 0 unspecified atom stereocenters. The van der Waals surface area contributed by atoms with E-state index in [1.807, 2.05) is 30.3 Å². The molecule has 2 aromatic carbocycles. The third-order valence-corrected chi connectivity index (χ3v) is 3.71. The summed E-state index contributed by atoms with van der Waals surface area (Å²) in [5, 5.41) is 11.9. The average Bonchev–Trinajstić information content (AvgIpc) is 3.23. The highest BCUT2D eigenvalue weighted by molar-refractivity contribution is 6.03. The highest BCUT2D eigenvalue weighted by Crippen LogP contribution is 2.32. The zero-order valence-electron chi connectivity index (χ0n) is 11.0. The maximum absolute atomic E-state index is 12.3. The summed E-state index contributed by atoms with van der Waals surface area (Å²) >= 11 is 0. The van der Waals surface area contributed by atoms with E-state index in [2.05, 4.69) is 0 Å². The molecular formula is C16H17NO2. The molecule has 0 spiro atoms. The van der Waals surface area contributed by atoms with Crippen LogP contribution in [-0.4, -0.2) is 29.5 Å². The summed E-state index contributed by atoms with van der Waals surface area (Å²) in [6.07, 6.45) is 2.42. The molecule has 3 nitrogen and oxygen atoms in total. The van der Waals surface area contributed by atoms with Crippen molar-refractivity contribution in [3.63, 3.8) is 0 Å². The lowest BCUT2D eigenvalue weighted by atomic mass is 10.0. The Bertz CT molecular complexity index is 632. The van der Waals surface area contributed by atoms with Gasteiger partial charge in [-0.15, -0.1) is 0 Å². The first-order valence-corrected chi connectivity index (χ1v) is 6.63. The van der Waals surface area contributed by atoms with Crippen LogP contribution in [0.15, 0.2) is 36.4 Å². The Hall–Kier alpha value is -2.03. The van der Waals surface area contributed by atoms with E-state index in [1.165, 1.54) is 12.8 Å². The van der Waals surface area contributed by atoms with Crippen molar-refractivity contribution in [2.75, 3.05) is 13.6 Å². The smallest absolute Gasteiger partial charge is 0.257 e. The fourth-order valence-electron chi connectivity index (χ4n) is 2.40. The number of amides is 1. The lowest BCUT2D eigenvalue weighted by molar-refractivity contribution is 0.0786. The number of carbonyl (C=O) groups excluding carboxylic acids is 1. The molecule has 0 atom stereocenters. The van der Waals surface area contributed by atoms with Crippen molar-refractivity contribution in [1.82, 2.24) is 4.90 Å². The van der Waals surface area contributed by atoms with Gasteiger partial charge in [-0.2, -0.15) is 0 Å². The van der Waals surface area contributed by atoms with Crippen LogP contribution < -0.4 is 0 Å². The van der Waals surface area contributed by atoms with Gasteiger partial charge < -0.3 is 10.0 Å². The Morgan fingerprint density at radius 1 is 1.26 bits per heavy atom. The lowest BCUT2D eigenvalue weighted by Gasteiger charge is -2.18. The van der Waals surface area contributed by atoms with Gasteiger partial charge in [-0.3, -0.25) is 4.79 Å². The molecule has 1 saturated carbocycles. The Labute approximate surface area is 112 Å². The number of benzene rings is 2. The number of fused-ring (bicyclic) bond motifs is 1. The van der Waals surface area contributed by atoms with Gasteiger partial charge in [0, 0.05) is 19.0 Å². The van der Waals surface area contributed by atoms with Crippen LogP contribution in [0.25, 0.3) is 10.8 Å². The molecule has 1 fully saturated rings. The maximum atomic E-state index is 12.3. The van der Waals surface area contributed by atoms with E-state index < -0.39 is 0 Å². The Balaban J connectivity index is 1.95. The van der Waals surface area contributed by atoms with E-state index in [-0.39, 0.29) is 11.7 Å². The van der Waals surface area contributed by atoms with Crippen molar-refractivity contribution in [3.8, 4) is 5.75 Å². The number of phenols is 1. The molecule has 19 heavy (non-hydrogen) atoms. The summed E-state index contributed by atoms with van der Waals surface area (Å²) < 4.78 is 0. The molecule has 1 aliphatic carbocycles. The number of hydrogen-bond donors (Lipinski definition) is 1. The van der Waals surface area contributed by atoms with Crippen LogP contribution in [0.2, 0.25) is 0 Å². The van der Waals surface area contributed by atoms with E-state index in [1.54, 1.807) is 18.0 Å². The van der Waals surface area contributed by atoms with Crippen molar-refractivity contribution in [2.24, 2.45) is 5.92 Å². The van der Waals surface area contributed by atoms with Gasteiger partial charge >= 0.3 is 0 Å². The normalized spacial score (nSPS) is 14.6. The highest BCUT2D eigenvalue weighted by Gasteiger charge is 2.26. The molecule has 1 amide bonds. The van der Waals surface area contributed by atoms with Crippen LogP contribution in [-0.2, 0) is 0 Å². The summed E-state index contributed by atoms with van der Waals surface area (Å²) in [5.41, 5.74) is 0.391. The Morgan fingerprint density at radius 2 is 2.00 bits per heavy atom. The quantitative estimate of drug-likeness (QED) is 0.915. The van der Waals surface area contributed by atoms with Gasteiger partial charge in [0.1, 0.15) is 5.75 Å². The van der Waals surface area contributed by atoms with E-state index in [9.17, 15) is 9.90 Å². The van der Waals surface area contributed by atoms with Crippen molar-refractivity contribution >= 4 is 16.7 Å². The number of aromatic hydroxyl groups is 1. The third-order valence-electron chi connectivity index (χ3n) is 3.71. The number of rotatable bonds is 3. The Morgan fingerprint density at radius 3 is 2.74 bits per heavy atom. The number of nitrogens with zero attached hydrogens (tertiary/aromatic N) is 1. The fraction of sp³-hybridized carbons (Fsp3) is 0.312. The monoisotopic (exact) mass is 255 g/mol. The number of phenolic OH excluding ortho intramolecular Hbond substituents is 1. The number of carbonyl (C=O) groups is 1. The van der Waals surface area contributed by atoms with Gasteiger partial charge in [0.15, 0.2) is 0 Å². The maximum Gasteiger partial charge on any atom is 0.257 e. The second-order valence-electron chi connectivity index (χ2n) is 5.31. The van der Waals surface area contributed by atoms with Gasteiger partial charge in [-0.05, 0) is 30.2 Å². The van der Waals surface area contributed by atoms with E-state index >= 15 is 0 Å². The minimum Gasteiger partial charge on any atom is -0.506 e. The minimum atomic E-state index is -0.102. The van der Waals surface area contributed by atoms with Crippen molar-refractivity contribution in [3.05, 3.63) is 42.0 Å². The summed E-state index contributed by atoms with van der Waals surface area (Å²) in [4.78, 5) is 14.0. The molecule has 1 N–H and O–H groups in total. The fourth-order valence-corrected chi connectivity index (χ4v) is 2.40.